The lowest BCUT2D eigenvalue weighted by Gasteiger charge is -2.16. The van der Waals surface area contributed by atoms with Crippen molar-refractivity contribution in [3.8, 4) is 5.75 Å². The third-order valence-electron chi connectivity index (χ3n) is 3.75. The Kier molecular flexibility index (Phi) is 6.99. The van der Waals surface area contributed by atoms with Gasteiger partial charge in [-0.3, -0.25) is 4.79 Å². The van der Waals surface area contributed by atoms with E-state index in [0.29, 0.717) is 25.5 Å². The number of nitrogens with zero attached hydrogens (tertiary/aromatic N) is 1. The van der Waals surface area contributed by atoms with Crippen LogP contribution in [0.15, 0.2) is 18.2 Å². The summed E-state index contributed by atoms with van der Waals surface area (Å²) in [6.45, 7) is 6.84. The summed E-state index contributed by atoms with van der Waals surface area (Å²) in [5, 5.41) is 0. The maximum Gasteiger partial charge on any atom is 0.226 e. The van der Waals surface area contributed by atoms with E-state index in [1.54, 1.807) is 0 Å². The summed E-state index contributed by atoms with van der Waals surface area (Å²) in [5.41, 5.74) is 7.99. The highest BCUT2D eigenvalue weighted by atomic mass is 35.5. The predicted molar refractivity (Wildman–Crippen MR) is 87.0 cm³/mol. The lowest BCUT2D eigenvalue weighted by molar-refractivity contribution is -0.130. The van der Waals surface area contributed by atoms with Crippen molar-refractivity contribution in [1.29, 1.82) is 0 Å². The van der Waals surface area contributed by atoms with Crippen molar-refractivity contribution in [2.75, 3.05) is 26.2 Å². The minimum Gasteiger partial charge on any atom is -0.493 e. The molecule has 1 unspecified atom stereocenters. The molecule has 1 amide bonds. The molecule has 1 aromatic rings. The number of rotatable bonds is 5. The monoisotopic (exact) mass is 312 g/mol. The van der Waals surface area contributed by atoms with Gasteiger partial charge < -0.3 is 15.4 Å². The van der Waals surface area contributed by atoms with Crippen LogP contribution in [0.1, 0.15) is 24.0 Å². The number of amides is 1. The lowest BCUT2D eigenvalue weighted by Crippen LogP contribution is -2.30. The molecule has 1 saturated heterocycles. The first-order chi connectivity index (χ1) is 9.58. The Labute approximate surface area is 133 Å². The number of carbonyl (C=O) groups excluding carboxylic acids is 1. The van der Waals surface area contributed by atoms with Crippen molar-refractivity contribution in [2.24, 2.45) is 11.7 Å². The van der Waals surface area contributed by atoms with E-state index in [1.807, 2.05) is 30.9 Å². The molecule has 1 fully saturated rings. The molecule has 2 N–H and O–H groups in total. The van der Waals surface area contributed by atoms with Gasteiger partial charge in [-0.25, -0.2) is 0 Å². The average molecular weight is 313 g/mol. The topological polar surface area (TPSA) is 55.6 Å². The first-order valence-corrected chi connectivity index (χ1v) is 7.27. The van der Waals surface area contributed by atoms with Crippen LogP contribution < -0.4 is 10.5 Å². The van der Waals surface area contributed by atoms with Gasteiger partial charge in [0, 0.05) is 13.1 Å². The third-order valence-corrected chi connectivity index (χ3v) is 3.75. The number of benzene rings is 1. The van der Waals surface area contributed by atoms with Crippen molar-refractivity contribution >= 4 is 18.3 Å². The second kappa shape index (κ2) is 8.25. The standard InChI is InChI=1S/C16H24N2O2.ClH/c1-12-7-13(2)9-15(8-12)20-6-4-16(19)18-5-3-14(10-17)11-18;/h7-9,14H,3-6,10-11,17H2,1-2H3;1H. The molecule has 0 spiro atoms. The number of halogens is 1. The Hall–Kier alpha value is -1.26. The van der Waals surface area contributed by atoms with Gasteiger partial charge in [0.15, 0.2) is 0 Å². The van der Waals surface area contributed by atoms with Gasteiger partial charge in [-0.05, 0) is 56.0 Å². The minimum absolute atomic E-state index is 0. The number of carbonyl (C=O) groups is 1. The molecule has 0 radical (unpaired) electrons. The molecule has 0 bridgehead atoms. The zero-order valence-electron chi connectivity index (χ0n) is 12.8. The summed E-state index contributed by atoms with van der Waals surface area (Å²) < 4.78 is 5.68. The van der Waals surface area contributed by atoms with Crippen LogP contribution in [0.3, 0.4) is 0 Å². The molecule has 21 heavy (non-hydrogen) atoms. The summed E-state index contributed by atoms with van der Waals surface area (Å²) in [7, 11) is 0. The number of ether oxygens (including phenoxy) is 1. The first-order valence-electron chi connectivity index (χ1n) is 7.27. The van der Waals surface area contributed by atoms with Gasteiger partial charge in [0.25, 0.3) is 0 Å². The Bertz CT molecular complexity index is 459. The summed E-state index contributed by atoms with van der Waals surface area (Å²) in [6.07, 6.45) is 1.46. The van der Waals surface area contributed by atoms with Crippen LogP contribution >= 0.6 is 12.4 Å². The number of nitrogens with two attached hydrogens (primary N) is 1. The fourth-order valence-electron chi connectivity index (χ4n) is 2.68. The molecule has 4 nitrogen and oxygen atoms in total. The molecule has 1 atom stereocenters. The fourth-order valence-corrected chi connectivity index (χ4v) is 2.68. The van der Waals surface area contributed by atoms with Crippen LogP contribution in [0, 0.1) is 19.8 Å². The van der Waals surface area contributed by atoms with Crippen LogP contribution in [0.5, 0.6) is 5.75 Å². The number of likely N-dealkylation sites (tertiary alicyclic amines) is 1. The molecule has 1 heterocycles. The van der Waals surface area contributed by atoms with E-state index < -0.39 is 0 Å². The third kappa shape index (κ3) is 5.21. The van der Waals surface area contributed by atoms with Crippen LogP contribution in [-0.2, 0) is 4.79 Å². The quantitative estimate of drug-likeness (QED) is 0.907. The van der Waals surface area contributed by atoms with Crippen molar-refractivity contribution in [3.05, 3.63) is 29.3 Å². The second-order valence-corrected chi connectivity index (χ2v) is 5.65. The average Bonchev–Trinajstić information content (AvgIpc) is 2.86. The van der Waals surface area contributed by atoms with E-state index in [1.165, 1.54) is 11.1 Å². The fraction of sp³-hybridized carbons (Fsp3) is 0.562. The molecule has 0 saturated carbocycles. The Balaban J connectivity index is 0.00000220. The highest BCUT2D eigenvalue weighted by molar-refractivity contribution is 5.85. The zero-order chi connectivity index (χ0) is 14.5. The van der Waals surface area contributed by atoms with Crippen molar-refractivity contribution in [1.82, 2.24) is 4.90 Å². The highest BCUT2D eigenvalue weighted by Crippen LogP contribution is 2.18. The smallest absolute Gasteiger partial charge is 0.226 e. The molecule has 0 aliphatic carbocycles. The van der Waals surface area contributed by atoms with Gasteiger partial charge in [-0.1, -0.05) is 6.07 Å². The lowest BCUT2D eigenvalue weighted by atomic mass is 10.1. The Morgan fingerprint density at radius 1 is 1.33 bits per heavy atom. The number of hydrogen-bond donors (Lipinski definition) is 1. The molecule has 118 valence electrons. The van der Waals surface area contributed by atoms with Gasteiger partial charge in [-0.15, -0.1) is 12.4 Å². The van der Waals surface area contributed by atoms with Gasteiger partial charge in [-0.2, -0.15) is 0 Å². The molecule has 0 aromatic heterocycles. The van der Waals surface area contributed by atoms with Gasteiger partial charge in [0.05, 0.1) is 13.0 Å². The van der Waals surface area contributed by atoms with Crippen LogP contribution in [0.4, 0.5) is 0 Å². The van der Waals surface area contributed by atoms with E-state index in [0.717, 1.165) is 25.3 Å². The van der Waals surface area contributed by atoms with E-state index in [4.69, 9.17) is 10.5 Å². The van der Waals surface area contributed by atoms with E-state index >= 15 is 0 Å². The summed E-state index contributed by atoms with van der Waals surface area (Å²) >= 11 is 0. The first kappa shape index (κ1) is 17.8. The highest BCUT2D eigenvalue weighted by Gasteiger charge is 2.24. The molecule has 2 rings (SSSR count). The van der Waals surface area contributed by atoms with Crippen molar-refractivity contribution in [2.45, 2.75) is 26.7 Å². The van der Waals surface area contributed by atoms with E-state index in [-0.39, 0.29) is 18.3 Å². The van der Waals surface area contributed by atoms with Gasteiger partial charge >= 0.3 is 0 Å². The van der Waals surface area contributed by atoms with Crippen LogP contribution in [0.2, 0.25) is 0 Å². The second-order valence-electron chi connectivity index (χ2n) is 5.65. The van der Waals surface area contributed by atoms with Crippen molar-refractivity contribution < 1.29 is 9.53 Å². The molecule has 1 aliphatic heterocycles. The Morgan fingerprint density at radius 3 is 2.57 bits per heavy atom. The van der Waals surface area contributed by atoms with E-state index in [9.17, 15) is 4.79 Å². The van der Waals surface area contributed by atoms with Gasteiger partial charge in [0.2, 0.25) is 5.91 Å². The molecule has 5 heteroatoms. The van der Waals surface area contributed by atoms with E-state index in [2.05, 4.69) is 6.07 Å². The molecular weight excluding hydrogens is 288 g/mol. The zero-order valence-corrected chi connectivity index (χ0v) is 13.6. The van der Waals surface area contributed by atoms with Crippen molar-refractivity contribution in [3.63, 3.8) is 0 Å². The molecule has 1 aromatic carbocycles. The largest absolute Gasteiger partial charge is 0.493 e. The minimum atomic E-state index is 0. The summed E-state index contributed by atoms with van der Waals surface area (Å²) in [6, 6.07) is 6.10. The van der Waals surface area contributed by atoms with Crippen LogP contribution in [-0.4, -0.2) is 37.0 Å². The Morgan fingerprint density at radius 2 is 2.00 bits per heavy atom. The SMILES string of the molecule is Cc1cc(C)cc(OCCC(=O)N2CCC(CN)C2)c1.Cl. The summed E-state index contributed by atoms with van der Waals surface area (Å²) in [4.78, 5) is 13.9. The van der Waals surface area contributed by atoms with Gasteiger partial charge in [0.1, 0.15) is 5.75 Å². The number of aryl methyl sites for hydroxylation is 2. The normalized spacial score (nSPS) is 17.5. The molecule has 1 aliphatic rings. The maximum absolute atomic E-state index is 12.0. The van der Waals surface area contributed by atoms with Crippen LogP contribution in [0.25, 0.3) is 0 Å². The number of hydrogen-bond acceptors (Lipinski definition) is 3. The maximum atomic E-state index is 12.0. The summed E-state index contributed by atoms with van der Waals surface area (Å²) in [5.74, 6) is 1.49. The molecular formula is C16H25ClN2O2. The predicted octanol–water partition coefficient (Wildman–Crippen LogP) is 2.30.